The first-order chi connectivity index (χ1) is 11.7. The van der Waals surface area contributed by atoms with Gasteiger partial charge in [-0.3, -0.25) is 0 Å². The topological polar surface area (TPSA) is 63.9 Å². The largest absolute Gasteiger partial charge is 0.496 e. The molecule has 0 spiro atoms. The Hall–Kier alpha value is -2.66. The molecule has 2 N–H and O–H groups in total. The van der Waals surface area contributed by atoms with Gasteiger partial charge < -0.3 is 24.3 Å². The van der Waals surface area contributed by atoms with E-state index in [-0.39, 0.29) is 12.6 Å². The van der Waals surface area contributed by atoms with E-state index in [9.17, 15) is 5.11 Å². The highest BCUT2D eigenvalue weighted by atomic mass is 16.5. The Morgan fingerprint density at radius 3 is 2.58 bits per heavy atom. The molecular weight excluding hydrogens is 306 g/mol. The summed E-state index contributed by atoms with van der Waals surface area (Å²) in [4.78, 5) is 0. The summed E-state index contributed by atoms with van der Waals surface area (Å²) in [6, 6.07) is 13.4. The molecule has 1 unspecified atom stereocenters. The Morgan fingerprint density at radius 1 is 1.08 bits per heavy atom. The second-order valence-corrected chi connectivity index (χ2v) is 5.58. The van der Waals surface area contributed by atoms with Crippen molar-refractivity contribution in [2.24, 2.45) is 0 Å². The van der Waals surface area contributed by atoms with E-state index in [2.05, 4.69) is 5.32 Å². The van der Waals surface area contributed by atoms with Crippen LogP contribution in [-0.2, 0) is 6.61 Å². The number of methoxy groups -OCH3 is 2. The molecule has 126 valence electrons. The summed E-state index contributed by atoms with van der Waals surface area (Å²) in [5.74, 6) is 2.21. The van der Waals surface area contributed by atoms with Crippen molar-refractivity contribution < 1.29 is 19.0 Å². The lowest BCUT2D eigenvalue weighted by molar-refractivity contribution is 0.274. The fraction of sp³-hybridized carbons (Fsp3) is 0.263. The Bertz CT molecular complexity index is 840. The highest BCUT2D eigenvalue weighted by Crippen LogP contribution is 2.32. The van der Waals surface area contributed by atoms with Crippen LogP contribution < -0.4 is 14.8 Å². The van der Waals surface area contributed by atoms with Crippen molar-refractivity contribution in [2.45, 2.75) is 19.6 Å². The summed E-state index contributed by atoms with van der Waals surface area (Å²) < 4.78 is 16.5. The zero-order chi connectivity index (χ0) is 17.1. The van der Waals surface area contributed by atoms with E-state index >= 15 is 0 Å². The maximum absolute atomic E-state index is 9.44. The number of rotatable bonds is 6. The van der Waals surface area contributed by atoms with Gasteiger partial charge in [-0.1, -0.05) is 12.1 Å². The van der Waals surface area contributed by atoms with Crippen LogP contribution in [0.5, 0.6) is 11.5 Å². The number of ether oxygens (including phenoxy) is 2. The number of hydrogen-bond acceptors (Lipinski definition) is 5. The first-order valence-corrected chi connectivity index (χ1v) is 7.77. The molecule has 1 atom stereocenters. The van der Waals surface area contributed by atoms with E-state index in [1.54, 1.807) is 14.2 Å². The zero-order valence-electron chi connectivity index (χ0n) is 14.0. The predicted octanol–water partition coefficient (Wildman–Crippen LogP) is 4.12. The quantitative estimate of drug-likeness (QED) is 0.713. The standard InChI is InChI=1S/C19H21NO4/c1-12(20-15-7-8-16(22-2)14(9-15)11-21)18-10-13-5-4-6-17(23-3)19(13)24-18/h4-10,12,20-21H,11H2,1-3H3. The van der Waals surface area contributed by atoms with E-state index in [0.717, 1.165) is 33.7 Å². The van der Waals surface area contributed by atoms with Crippen LogP contribution in [0, 0.1) is 0 Å². The van der Waals surface area contributed by atoms with E-state index in [0.29, 0.717) is 5.75 Å². The van der Waals surface area contributed by atoms with Crippen LogP contribution in [-0.4, -0.2) is 19.3 Å². The highest BCUT2D eigenvalue weighted by molar-refractivity contribution is 5.83. The third-order valence-electron chi connectivity index (χ3n) is 4.01. The second-order valence-electron chi connectivity index (χ2n) is 5.58. The molecule has 0 bridgehead atoms. The minimum absolute atomic E-state index is 0.0398. The van der Waals surface area contributed by atoms with Crippen molar-refractivity contribution in [1.29, 1.82) is 0 Å². The second kappa shape index (κ2) is 6.84. The van der Waals surface area contributed by atoms with Gasteiger partial charge in [0.15, 0.2) is 11.3 Å². The number of furan rings is 1. The fourth-order valence-corrected chi connectivity index (χ4v) is 2.74. The van der Waals surface area contributed by atoms with Gasteiger partial charge in [-0.25, -0.2) is 0 Å². The number of hydrogen-bond donors (Lipinski definition) is 2. The van der Waals surface area contributed by atoms with Crippen LogP contribution in [0.1, 0.15) is 24.3 Å². The van der Waals surface area contributed by atoms with Crippen molar-refractivity contribution in [3.63, 3.8) is 0 Å². The Labute approximate surface area is 140 Å². The average Bonchev–Trinajstić information content (AvgIpc) is 3.06. The number of nitrogens with one attached hydrogen (secondary N) is 1. The van der Waals surface area contributed by atoms with E-state index < -0.39 is 0 Å². The maximum Gasteiger partial charge on any atom is 0.176 e. The Balaban J connectivity index is 1.86. The summed E-state index contributed by atoms with van der Waals surface area (Å²) in [6.07, 6.45) is 0. The molecule has 1 aromatic heterocycles. The van der Waals surface area contributed by atoms with Gasteiger partial charge in [-0.2, -0.15) is 0 Å². The number of benzene rings is 2. The molecule has 0 aliphatic rings. The van der Waals surface area contributed by atoms with Crippen LogP contribution in [0.3, 0.4) is 0 Å². The molecule has 0 amide bonds. The molecule has 0 aliphatic heterocycles. The molecule has 1 heterocycles. The highest BCUT2D eigenvalue weighted by Gasteiger charge is 2.14. The maximum atomic E-state index is 9.44. The van der Waals surface area contributed by atoms with Crippen LogP contribution in [0.25, 0.3) is 11.0 Å². The molecule has 3 aromatic rings. The molecule has 0 radical (unpaired) electrons. The summed E-state index contributed by atoms with van der Waals surface area (Å²) in [7, 11) is 3.22. The fourth-order valence-electron chi connectivity index (χ4n) is 2.74. The van der Waals surface area contributed by atoms with Crippen molar-refractivity contribution in [3.05, 3.63) is 53.8 Å². The van der Waals surface area contributed by atoms with Gasteiger partial charge in [0.05, 0.1) is 26.9 Å². The lowest BCUT2D eigenvalue weighted by atomic mass is 10.1. The van der Waals surface area contributed by atoms with Crippen LogP contribution in [0.4, 0.5) is 5.69 Å². The molecule has 5 nitrogen and oxygen atoms in total. The smallest absolute Gasteiger partial charge is 0.176 e. The predicted molar refractivity (Wildman–Crippen MR) is 93.7 cm³/mol. The summed E-state index contributed by atoms with van der Waals surface area (Å²) in [6.45, 7) is 1.95. The monoisotopic (exact) mass is 327 g/mol. The third kappa shape index (κ3) is 3.03. The molecule has 24 heavy (non-hydrogen) atoms. The van der Waals surface area contributed by atoms with E-state index in [1.807, 2.05) is 49.4 Å². The van der Waals surface area contributed by atoms with Gasteiger partial charge >= 0.3 is 0 Å². The number of para-hydroxylation sites is 1. The van der Waals surface area contributed by atoms with E-state index in [1.165, 1.54) is 0 Å². The van der Waals surface area contributed by atoms with Crippen LogP contribution >= 0.6 is 0 Å². The van der Waals surface area contributed by atoms with Crippen LogP contribution in [0.15, 0.2) is 46.9 Å². The molecule has 0 aliphatic carbocycles. The SMILES string of the molecule is COc1ccc(NC(C)c2cc3cccc(OC)c3o2)cc1CO. The number of aliphatic hydroxyl groups is 1. The Kier molecular flexibility index (Phi) is 4.62. The Morgan fingerprint density at radius 2 is 1.88 bits per heavy atom. The van der Waals surface area contributed by atoms with Crippen molar-refractivity contribution in [3.8, 4) is 11.5 Å². The molecular formula is C19H21NO4. The van der Waals surface area contributed by atoms with Crippen LogP contribution in [0.2, 0.25) is 0 Å². The first kappa shape index (κ1) is 16.2. The molecule has 5 heteroatoms. The normalized spacial score (nSPS) is 12.2. The average molecular weight is 327 g/mol. The van der Waals surface area contributed by atoms with Crippen molar-refractivity contribution >= 4 is 16.7 Å². The summed E-state index contributed by atoms with van der Waals surface area (Å²) >= 11 is 0. The van der Waals surface area contributed by atoms with Crippen molar-refractivity contribution in [2.75, 3.05) is 19.5 Å². The minimum atomic E-state index is -0.0745. The number of aliphatic hydroxyl groups excluding tert-OH is 1. The molecule has 0 fully saturated rings. The summed E-state index contributed by atoms with van der Waals surface area (Å²) in [5.41, 5.74) is 2.37. The van der Waals surface area contributed by atoms with Gasteiger partial charge in [-0.05, 0) is 37.3 Å². The molecule has 0 saturated heterocycles. The van der Waals surface area contributed by atoms with E-state index in [4.69, 9.17) is 13.9 Å². The van der Waals surface area contributed by atoms with Crippen molar-refractivity contribution in [1.82, 2.24) is 0 Å². The van der Waals surface area contributed by atoms with Gasteiger partial charge in [0.25, 0.3) is 0 Å². The number of anilines is 1. The first-order valence-electron chi connectivity index (χ1n) is 7.77. The van der Waals surface area contributed by atoms with Gasteiger partial charge in [0, 0.05) is 16.6 Å². The van der Waals surface area contributed by atoms with Gasteiger partial charge in [0.1, 0.15) is 11.5 Å². The lowest BCUT2D eigenvalue weighted by Crippen LogP contribution is -2.06. The zero-order valence-corrected chi connectivity index (χ0v) is 14.0. The van der Waals surface area contributed by atoms with Gasteiger partial charge in [-0.15, -0.1) is 0 Å². The summed E-state index contributed by atoms with van der Waals surface area (Å²) in [5, 5.41) is 13.8. The molecule has 3 rings (SSSR count). The molecule has 0 saturated carbocycles. The van der Waals surface area contributed by atoms with Gasteiger partial charge in [0.2, 0.25) is 0 Å². The minimum Gasteiger partial charge on any atom is -0.496 e. The number of fused-ring (bicyclic) bond motifs is 1. The third-order valence-corrected chi connectivity index (χ3v) is 4.01. The lowest BCUT2D eigenvalue weighted by Gasteiger charge is -2.15. The molecule has 2 aromatic carbocycles.